The lowest BCUT2D eigenvalue weighted by molar-refractivity contribution is -0.154. The van der Waals surface area contributed by atoms with Crippen LogP contribution in [0.5, 0.6) is 0 Å². The molecule has 0 aromatic carbocycles. The highest BCUT2D eigenvalue weighted by atomic mass is 19.1. The van der Waals surface area contributed by atoms with E-state index < -0.39 is 18.9 Å². The fourth-order valence-electron chi connectivity index (χ4n) is 0.994. The number of halogens is 1. The number of rotatable bonds is 7. The number of ether oxygens (including phenoxy) is 1. The van der Waals surface area contributed by atoms with Gasteiger partial charge in [-0.05, 0) is 18.8 Å². The van der Waals surface area contributed by atoms with Gasteiger partial charge in [-0.3, -0.25) is 0 Å². The van der Waals surface area contributed by atoms with Crippen molar-refractivity contribution in [3.8, 4) is 0 Å². The molecule has 4 heteroatoms. The maximum atomic E-state index is 11.7. The van der Waals surface area contributed by atoms with E-state index in [0.29, 0.717) is 12.3 Å². The van der Waals surface area contributed by atoms with Gasteiger partial charge in [-0.25, -0.2) is 9.18 Å². The molecule has 0 aliphatic carbocycles. The zero-order valence-corrected chi connectivity index (χ0v) is 8.12. The second-order valence-corrected chi connectivity index (χ2v) is 3.19. The molecule has 2 unspecified atom stereocenters. The fraction of sp³-hybridized carbons (Fsp3) is 0.889. The van der Waals surface area contributed by atoms with Gasteiger partial charge in [-0.1, -0.05) is 20.3 Å². The Balaban J connectivity index is 3.75. The number of aliphatic carboxylic acids is 1. The van der Waals surface area contributed by atoms with E-state index in [0.717, 1.165) is 12.8 Å². The number of carboxylic acid groups (broad SMARTS) is 1. The van der Waals surface area contributed by atoms with E-state index in [1.165, 1.54) is 0 Å². The van der Waals surface area contributed by atoms with Crippen LogP contribution < -0.4 is 0 Å². The second kappa shape index (κ2) is 6.83. The van der Waals surface area contributed by atoms with Gasteiger partial charge in [-0.15, -0.1) is 0 Å². The van der Waals surface area contributed by atoms with Crippen molar-refractivity contribution >= 4 is 5.97 Å². The minimum atomic E-state index is -1.08. The Labute approximate surface area is 77.9 Å². The Bertz CT molecular complexity index is 150. The standard InChI is InChI=1S/C9H17FO3/c1-3-7(2)4-5-8(9(11)12)13-6-10/h7-8H,3-6H2,1-2H3,(H,11,12). The van der Waals surface area contributed by atoms with Gasteiger partial charge in [0.05, 0.1) is 0 Å². The van der Waals surface area contributed by atoms with Crippen LogP contribution in [-0.2, 0) is 9.53 Å². The summed E-state index contributed by atoms with van der Waals surface area (Å²) in [4.78, 5) is 10.5. The van der Waals surface area contributed by atoms with Crippen molar-refractivity contribution in [2.24, 2.45) is 5.92 Å². The summed E-state index contributed by atoms with van der Waals surface area (Å²) in [5, 5.41) is 8.60. The van der Waals surface area contributed by atoms with E-state index >= 15 is 0 Å². The average Bonchev–Trinajstić information content (AvgIpc) is 2.11. The summed E-state index contributed by atoms with van der Waals surface area (Å²) in [6.45, 7) is 3.04. The van der Waals surface area contributed by atoms with E-state index in [-0.39, 0.29) is 0 Å². The highest BCUT2D eigenvalue weighted by molar-refractivity contribution is 5.72. The van der Waals surface area contributed by atoms with E-state index in [9.17, 15) is 9.18 Å². The van der Waals surface area contributed by atoms with E-state index in [1.807, 2.05) is 13.8 Å². The topological polar surface area (TPSA) is 46.5 Å². The smallest absolute Gasteiger partial charge is 0.332 e. The van der Waals surface area contributed by atoms with Crippen LogP contribution in [0.2, 0.25) is 0 Å². The van der Waals surface area contributed by atoms with Gasteiger partial charge in [0.1, 0.15) is 0 Å². The lowest BCUT2D eigenvalue weighted by Crippen LogP contribution is -2.24. The van der Waals surface area contributed by atoms with Crippen molar-refractivity contribution in [3.05, 3.63) is 0 Å². The molecular formula is C9H17FO3. The molecule has 0 saturated carbocycles. The molecular weight excluding hydrogens is 175 g/mol. The van der Waals surface area contributed by atoms with Crippen LogP contribution in [0.1, 0.15) is 33.1 Å². The summed E-state index contributed by atoms with van der Waals surface area (Å²) < 4.78 is 16.2. The summed E-state index contributed by atoms with van der Waals surface area (Å²) in [5.74, 6) is -0.619. The predicted molar refractivity (Wildman–Crippen MR) is 47.2 cm³/mol. The molecule has 0 heterocycles. The maximum absolute atomic E-state index is 11.7. The van der Waals surface area contributed by atoms with E-state index in [2.05, 4.69) is 4.74 Å². The normalized spacial score (nSPS) is 15.3. The quantitative estimate of drug-likeness (QED) is 0.672. The Morgan fingerprint density at radius 2 is 2.15 bits per heavy atom. The number of hydrogen-bond acceptors (Lipinski definition) is 2. The summed E-state index contributed by atoms with van der Waals surface area (Å²) in [6, 6.07) is 0. The molecule has 0 rings (SSSR count). The molecule has 0 bridgehead atoms. The van der Waals surface area contributed by atoms with Crippen molar-refractivity contribution in [3.63, 3.8) is 0 Å². The molecule has 0 aliphatic heterocycles. The van der Waals surface area contributed by atoms with Crippen LogP contribution in [0, 0.1) is 5.92 Å². The summed E-state index contributed by atoms with van der Waals surface area (Å²) in [6.07, 6.45) is 1.16. The first-order valence-electron chi connectivity index (χ1n) is 4.52. The van der Waals surface area contributed by atoms with Gasteiger partial charge in [-0.2, -0.15) is 0 Å². The van der Waals surface area contributed by atoms with Gasteiger partial charge in [0, 0.05) is 0 Å². The third-order valence-corrected chi connectivity index (χ3v) is 2.16. The van der Waals surface area contributed by atoms with E-state index in [4.69, 9.17) is 5.11 Å². The van der Waals surface area contributed by atoms with Gasteiger partial charge in [0.25, 0.3) is 0 Å². The summed E-state index contributed by atoms with van der Waals surface area (Å²) in [7, 11) is 0. The number of hydrogen-bond donors (Lipinski definition) is 1. The third kappa shape index (κ3) is 5.58. The zero-order chi connectivity index (χ0) is 10.3. The monoisotopic (exact) mass is 192 g/mol. The van der Waals surface area contributed by atoms with Crippen molar-refractivity contribution in [1.29, 1.82) is 0 Å². The average molecular weight is 192 g/mol. The Morgan fingerprint density at radius 1 is 1.54 bits per heavy atom. The van der Waals surface area contributed by atoms with Crippen molar-refractivity contribution in [2.45, 2.75) is 39.2 Å². The van der Waals surface area contributed by atoms with Crippen molar-refractivity contribution in [1.82, 2.24) is 0 Å². The van der Waals surface area contributed by atoms with Crippen LogP contribution in [-0.4, -0.2) is 24.0 Å². The molecule has 0 fully saturated rings. The molecule has 0 radical (unpaired) electrons. The summed E-state index contributed by atoms with van der Waals surface area (Å²) in [5.41, 5.74) is 0. The molecule has 0 aliphatic rings. The number of carboxylic acids is 1. The SMILES string of the molecule is CCC(C)CCC(OCF)C(=O)O. The maximum Gasteiger partial charge on any atom is 0.332 e. The lowest BCUT2D eigenvalue weighted by Gasteiger charge is -2.13. The highest BCUT2D eigenvalue weighted by Crippen LogP contribution is 2.13. The Kier molecular flexibility index (Phi) is 6.49. The van der Waals surface area contributed by atoms with Gasteiger partial charge in [0.15, 0.2) is 13.0 Å². The first-order valence-corrected chi connectivity index (χ1v) is 4.52. The molecule has 0 aromatic rings. The number of carbonyl (C=O) groups is 1. The molecule has 0 spiro atoms. The third-order valence-electron chi connectivity index (χ3n) is 2.16. The van der Waals surface area contributed by atoms with Gasteiger partial charge >= 0.3 is 5.97 Å². The van der Waals surface area contributed by atoms with Gasteiger partial charge < -0.3 is 9.84 Å². The predicted octanol–water partition coefficient (Wildman–Crippen LogP) is 2.21. The Morgan fingerprint density at radius 3 is 2.54 bits per heavy atom. The number of alkyl halides is 1. The van der Waals surface area contributed by atoms with Crippen molar-refractivity contribution < 1.29 is 19.0 Å². The van der Waals surface area contributed by atoms with Crippen LogP contribution in [0.3, 0.4) is 0 Å². The lowest BCUT2D eigenvalue weighted by atomic mass is 10.0. The Hall–Kier alpha value is -0.640. The van der Waals surface area contributed by atoms with E-state index in [1.54, 1.807) is 0 Å². The highest BCUT2D eigenvalue weighted by Gasteiger charge is 2.18. The molecule has 0 amide bonds. The largest absolute Gasteiger partial charge is 0.479 e. The molecule has 0 saturated heterocycles. The molecule has 13 heavy (non-hydrogen) atoms. The fourth-order valence-corrected chi connectivity index (χ4v) is 0.994. The molecule has 3 nitrogen and oxygen atoms in total. The van der Waals surface area contributed by atoms with Crippen LogP contribution >= 0.6 is 0 Å². The van der Waals surface area contributed by atoms with Crippen LogP contribution in [0.4, 0.5) is 4.39 Å². The zero-order valence-electron chi connectivity index (χ0n) is 8.12. The minimum absolute atomic E-state index is 0.383. The minimum Gasteiger partial charge on any atom is -0.479 e. The molecule has 2 atom stereocenters. The molecule has 1 N–H and O–H groups in total. The van der Waals surface area contributed by atoms with Gasteiger partial charge in [0.2, 0.25) is 0 Å². The first-order chi connectivity index (χ1) is 6.11. The first kappa shape index (κ1) is 12.4. The molecule has 78 valence electrons. The van der Waals surface area contributed by atoms with Crippen LogP contribution in [0.15, 0.2) is 0 Å². The molecule has 0 aromatic heterocycles. The van der Waals surface area contributed by atoms with Crippen LogP contribution in [0.25, 0.3) is 0 Å². The summed E-state index contributed by atoms with van der Waals surface area (Å²) >= 11 is 0. The second-order valence-electron chi connectivity index (χ2n) is 3.19. The van der Waals surface area contributed by atoms with Crippen molar-refractivity contribution in [2.75, 3.05) is 6.86 Å².